The molecule has 0 saturated heterocycles. The fourth-order valence-electron chi connectivity index (χ4n) is 1.68. The molecule has 1 heterocycles. The molecule has 16 heavy (non-hydrogen) atoms. The third kappa shape index (κ3) is 3.71. The zero-order valence-electron chi connectivity index (χ0n) is 9.90. The van der Waals surface area contributed by atoms with Crippen LogP contribution in [-0.2, 0) is 9.53 Å². The number of nitrogens with two attached hydrogens (primary N) is 1. The molecule has 0 aromatic heterocycles. The van der Waals surface area contributed by atoms with Gasteiger partial charge >= 0.3 is 0 Å². The van der Waals surface area contributed by atoms with E-state index in [1.807, 2.05) is 23.0 Å². The van der Waals surface area contributed by atoms with E-state index in [0.717, 1.165) is 31.9 Å². The number of methoxy groups -OCH3 is 1. The number of carbonyl (C=O) groups excluding carboxylic acids is 1. The van der Waals surface area contributed by atoms with Gasteiger partial charge in [-0.15, -0.1) is 0 Å². The van der Waals surface area contributed by atoms with Crippen molar-refractivity contribution in [2.75, 3.05) is 40.4 Å². The number of likely N-dealkylation sites (N-methyl/N-ethyl adjacent to an activating group) is 1. The summed E-state index contributed by atoms with van der Waals surface area (Å²) in [5, 5.41) is 2.02. The SMILES string of the molecule is COCCCN1NCC=C1N(C)CC(N)=O. The Labute approximate surface area is 96.0 Å². The van der Waals surface area contributed by atoms with Crippen LogP contribution in [0.2, 0.25) is 0 Å². The van der Waals surface area contributed by atoms with Crippen molar-refractivity contribution in [1.82, 2.24) is 15.3 Å². The van der Waals surface area contributed by atoms with Gasteiger partial charge in [-0.05, 0) is 12.5 Å². The van der Waals surface area contributed by atoms with E-state index in [4.69, 9.17) is 10.5 Å². The van der Waals surface area contributed by atoms with E-state index in [1.165, 1.54) is 0 Å². The minimum absolute atomic E-state index is 0.230. The summed E-state index contributed by atoms with van der Waals surface area (Å²) >= 11 is 0. The summed E-state index contributed by atoms with van der Waals surface area (Å²) in [4.78, 5) is 12.7. The maximum absolute atomic E-state index is 10.8. The van der Waals surface area contributed by atoms with Crippen molar-refractivity contribution in [2.45, 2.75) is 6.42 Å². The third-order valence-electron chi connectivity index (χ3n) is 2.36. The van der Waals surface area contributed by atoms with Gasteiger partial charge in [-0.1, -0.05) is 0 Å². The number of ether oxygens (including phenoxy) is 1. The van der Waals surface area contributed by atoms with Crippen LogP contribution >= 0.6 is 0 Å². The highest BCUT2D eigenvalue weighted by atomic mass is 16.5. The van der Waals surface area contributed by atoms with Crippen molar-refractivity contribution in [1.29, 1.82) is 0 Å². The van der Waals surface area contributed by atoms with E-state index in [-0.39, 0.29) is 12.5 Å². The van der Waals surface area contributed by atoms with Gasteiger partial charge in [0, 0.05) is 33.9 Å². The van der Waals surface area contributed by atoms with Crippen molar-refractivity contribution in [3.8, 4) is 0 Å². The number of rotatable bonds is 7. The molecule has 1 rings (SSSR count). The van der Waals surface area contributed by atoms with Gasteiger partial charge in [0.05, 0.1) is 6.54 Å². The second kappa shape index (κ2) is 6.34. The van der Waals surface area contributed by atoms with Gasteiger partial charge in [0.15, 0.2) is 0 Å². The molecule has 0 bridgehead atoms. The predicted octanol–water partition coefficient (Wildman–Crippen LogP) is -0.898. The average molecular weight is 228 g/mol. The van der Waals surface area contributed by atoms with E-state index in [1.54, 1.807) is 7.11 Å². The lowest BCUT2D eigenvalue weighted by Gasteiger charge is -2.28. The van der Waals surface area contributed by atoms with E-state index in [9.17, 15) is 4.79 Å². The summed E-state index contributed by atoms with van der Waals surface area (Å²) in [6, 6.07) is 0. The number of hydrogen-bond donors (Lipinski definition) is 2. The summed E-state index contributed by atoms with van der Waals surface area (Å²) in [5.74, 6) is 0.669. The molecule has 0 aliphatic carbocycles. The summed E-state index contributed by atoms with van der Waals surface area (Å²) in [6.07, 6.45) is 2.97. The molecule has 0 atom stereocenters. The minimum Gasteiger partial charge on any atom is -0.385 e. The second-order valence-electron chi connectivity index (χ2n) is 3.74. The first-order valence-electron chi connectivity index (χ1n) is 5.34. The number of hydrogen-bond acceptors (Lipinski definition) is 5. The van der Waals surface area contributed by atoms with Crippen LogP contribution in [0, 0.1) is 0 Å². The third-order valence-corrected chi connectivity index (χ3v) is 2.36. The van der Waals surface area contributed by atoms with Crippen molar-refractivity contribution in [2.24, 2.45) is 5.73 Å². The Kier molecular flexibility index (Phi) is 5.07. The molecule has 0 unspecified atom stereocenters. The number of nitrogens with zero attached hydrogens (tertiary/aromatic N) is 2. The summed E-state index contributed by atoms with van der Waals surface area (Å²) in [7, 11) is 3.54. The molecule has 6 heteroatoms. The Bertz CT molecular complexity index is 268. The topological polar surface area (TPSA) is 70.8 Å². The van der Waals surface area contributed by atoms with Crippen LogP contribution in [-0.4, -0.2) is 56.2 Å². The fraction of sp³-hybridized carbons (Fsp3) is 0.700. The zero-order chi connectivity index (χ0) is 12.0. The zero-order valence-corrected chi connectivity index (χ0v) is 9.90. The number of hydrazine groups is 1. The lowest BCUT2D eigenvalue weighted by atomic mass is 10.4. The van der Waals surface area contributed by atoms with Gasteiger partial charge in [-0.2, -0.15) is 0 Å². The summed E-state index contributed by atoms with van der Waals surface area (Å²) < 4.78 is 5.00. The van der Waals surface area contributed by atoms with Crippen LogP contribution in [0.15, 0.2) is 11.9 Å². The van der Waals surface area contributed by atoms with Crippen LogP contribution in [0.4, 0.5) is 0 Å². The summed E-state index contributed by atoms with van der Waals surface area (Å²) in [6.45, 7) is 2.59. The molecule has 1 aliphatic heterocycles. The quantitative estimate of drug-likeness (QED) is 0.553. The molecule has 0 saturated carbocycles. The van der Waals surface area contributed by atoms with Gasteiger partial charge in [0.25, 0.3) is 0 Å². The maximum Gasteiger partial charge on any atom is 0.236 e. The number of carbonyl (C=O) groups is 1. The van der Waals surface area contributed by atoms with Crippen molar-refractivity contribution in [3.05, 3.63) is 11.9 Å². The van der Waals surface area contributed by atoms with Crippen LogP contribution < -0.4 is 11.2 Å². The lowest BCUT2D eigenvalue weighted by molar-refractivity contribution is -0.118. The molecule has 0 radical (unpaired) electrons. The molecule has 1 amide bonds. The molecular weight excluding hydrogens is 208 g/mol. The first-order valence-corrected chi connectivity index (χ1v) is 5.34. The van der Waals surface area contributed by atoms with Crippen LogP contribution in [0.25, 0.3) is 0 Å². The highest BCUT2D eigenvalue weighted by Crippen LogP contribution is 2.11. The molecule has 92 valence electrons. The maximum atomic E-state index is 10.8. The minimum atomic E-state index is -0.327. The molecule has 3 N–H and O–H groups in total. The molecule has 0 aromatic carbocycles. The molecular formula is C10H20N4O2. The Balaban J connectivity index is 2.41. The largest absolute Gasteiger partial charge is 0.385 e. The normalized spacial score (nSPS) is 15.1. The second-order valence-corrected chi connectivity index (χ2v) is 3.74. The Morgan fingerprint density at radius 2 is 2.50 bits per heavy atom. The Morgan fingerprint density at radius 1 is 1.75 bits per heavy atom. The predicted molar refractivity (Wildman–Crippen MR) is 61.1 cm³/mol. The molecule has 1 aliphatic rings. The highest BCUT2D eigenvalue weighted by Gasteiger charge is 2.18. The van der Waals surface area contributed by atoms with Gasteiger partial charge in [0.1, 0.15) is 5.82 Å². The average Bonchev–Trinajstić information content (AvgIpc) is 2.65. The van der Waals surface area contributed by atoms with E-state index in [0.29, 0.717) is 0 Å². The van der Waals surface area contributed by atoms with Crippen LogP contribution in [0.3, 0.4) is 0 Å². The van der Waals surface area contributed by atoms with Gasteiger partial charge in [-0.25, -0.2) is 5.43 Å². The van der Waals surface area contributed by atoms with Crippen LogP contribution in [0.1, 0.15) is 6.42 Å². The van der Waals surface area contributed by atoms with Crippen molar-refractivity contribution < 1.29 is 9.53 Å². The Morgan fingerprint density at radius 3 is 3.12 bits per heavy atom. The van der Waals surface area contributed by atoms with E-state index >= 15 is 0 Å². The number of primary amides is 1. The first-order chi connectivity index (χ1) is 7.65. The van der Waals surface area contributed by atoms with Gasteiger partial charge in [-0.3, -0.25) is 9.80 Å². The molecule has 6 nitrogen and oxygen atoms in total. The first kappa shape index (κ1) is 12.8. The van der Waals surface area contributed by atoms with Gasteiger partial charge < -0.3 is 15.4 Å². The summed E-state index contributed by atoms with van der Waals surface area (Å²) in [5.41, 5.74) is 8.37. The fourth-order valence-corrected chi connectivity index (χ4v) is 1.68. The van der Waals surface area contributed by atoms with Gasteiger partial charge in [0.2, 0.25) is 5.91 Å². The molecule has 0 fully saturated rings. The highest BCUT2D eigenvalue weighted by molar-refractivity contribution is 5.76. The standard InChI is InChI=1S/C10H20N4O2/c1-13(8-9(11)15)10-4-5-12-14(10)6-3-7-16-2/h4,12H,3,5-8H2,1-2H3,(H2,11,15). The van der Waals surface area contributed by atoms with Crippen molar-refractivity contribution >= 4 is 5.91 Å². The van der Waals surface area contributed by atoms with E-state index in [2.05, 4.69) is 5.43 Å². The Hall–Kier alpha value is -1.27. The smallest absolute Gasteiger partial charge is 0.236 e. The molecule has 0 aromatic rings. The number of nitrogens with one attached hydrogen (secondary N) is 1. The lowest BCUT2D eigenvalue weighted by Crippen LogP contribution is -2.41. The van der Waals surface area contributed by atoms with E-state index < -0.39 is 0 Å². The van der Waals surface area contributed by atoms with Crippen LogP contribution in [0.5, 0.6) is 0 Å². The van der Waals surface area contributed by atoms with Crippen molar-refractivity contribution in [3.63, 3.8) is 0 Å². The number of amides is 1. The monoisotopic (exact) mass is 228 g/mol. The molecule has 0 spiro atoms.